The standard InChI is InChI=1S/C26H31N3O/c1-18(2)21-7-5-9-24(15-21)28-17-20(14-26(28)30)13-23-11-12-29(27-23)25-10-6-8-22(16-25)19(3)4/h5-12,15-16,18-20H,13-14,17H2,1-4H3. The Morgan fingerprint density at radius 3 is 2.23 bits per heavy atom. The molecule has 4 rings (SSSR count). The van der Waals surface area contributed by atoms with E-state index >= 15 is 0 Å². The van der Waals surface area contributed by atoms with Gasteiger partial charge >= 0.3 is 0 Å². The van der Waals surface area contributed by atoms with Gasteiger partial charge in [0.1, 0.15) is 0 Å². The third-order valence-corrected chi connectivity index (χ3v) is 6.00. The molecule has 1 aliphatic rings. The van der Waals surface area contributed by atoms with Crippen molar-refractivity contribution in [1.82, 2.24) is 9.78 Å². The van der Waals surface area contributed by atoms with Crippen LogP contribution in [0, 0.1) is 5.92 Å². The lowest BCUT2D eigenvalue weighted by Gasteiger charge is -2.18. The average Bonchev–Trinajstić information content (AvgIpc) is 3.35. The zero-order valence-electron chi connectivity index (χ0n) is 18.4. The molecule has 1 saturated heterocycles. The topological polar surface area (TPSA) is 38.1 Å². The smallest absolute Gasteiger partial charge is 0.227 e. The minimum Gasteiger partial charge on any atom is -0.312 e. The Morgan fingerprint density at radius 2 is 1.57 bits per heavy atom. The Morgan fingerprint density at radius 1 is 0.933 bits per heavy atom. The Balaban J connectivity index is 1.46. The van der Waals surface area contributed by atoms with Crippen molar-refractivity contribution in [3.05, 3.63) is 77.6 Å². The molecule has 0 N–H and O–H groups in total. The summed E-state index contributed by atoms with van der Waals surface area (Å²) in [4.78, 5) is 14.6. The number of carbonyl (C=O) groups is 1. The Kier molecular flexibility index (Phi) is 5.76. The molecule has 1 atom stereocenters. The summed E-state index contributed by atoms with van der Waals surface area (Å²) in [5.41, 5.74) is 5.73. The second kappa shape index (κ2) is 8.47. The summed E-state index contributed by atoms with van der Waals surface area (Å²) in [7, 11) is 0. The number of rotatable bonds is 6. The first kappa shape index (κ1) is 20.4. The molecule has 0 aliphatic carbocycles. The van der Waals surface area contributed by atoms with E-state index in [2.05, 4.69) is 76.2 Å². The molecule has 2 aromatic carbocycles. The number of carbonyl (C=O) groups excluding carboxylic acids is 1. The second-order valence-electron chi connectivity index (χ2n) is 9.03. The van der Waals surface area contributed by atoms with Gasteiger partial charge in [0.2, 0.25) is 5.91 Å². The molecule has 4 heteroatoms. The fourth-order valence-corrected chi connectivity index (χ4v) is 4.16. The Bertz CT molecular complexity index is 1030. The molecule has 0 spiro atoms. The third kappa shape index (κ3) is 4.33. The first-order chi connectivity index (χ1) is 14.4. The van der Waals surface area contributed by atoms with Crippen LogP contribution in [0.1, 0.15) is 62.8 Å². The van der Waals surface area contributed by atoms with Crippen LogP contribution in [0.25, 0.3) is 5.69 Å². The summed E-state index contributed by atoms with van der Waals surface area (Å²) in [5.74, 6) is 1.46. The van der Waals surface area contributed by atoms with Crippen molar-refractivity contribution < 1.29 is 4.79 Å². The average molecular weight is 402 g/mol. The van der Waals surface area contributed by atoms with E-state index in [-0.39, 0.29) is 5.91 Å². The lowest BCUT2D eigenvalue weighted by Crippen LogP contribution is -2.24. The molecule has 0 radical (unpaired) electrons. The van der Waals surface area contributed by atoms with E-state index < -0.39 is 0 Å². The van der Waals surface area contributed by atoms with Crippen LogP contribution < -0.4 is 4.90 Å². The van der Waals surface area contributed by atoms with Crippen molar-refractivity contribution in [2.24, 2.45) is 5.92 Å². The predicted molar refractivity (Wildman–Crippen MR) is 122 cm³/mol. The van der Waals surface area contributed by atoms with Gasteiger partial charge in [-0.25, -0.2) is 4.68 Å². The van der Waals surface area contributed by atoms with Crippen LogP contribution in [-0.2, 0) is 11.2 Å². The highest BCUT2D eigenvalue weighted by molar-refractivity contribution is 5.95. The lowest BCUT2D eigenvalue weighted by atomic mass is 10.0. The molecule has 0 bridgehead atoms. The summed E-state index contributed by atoms with van der Waals surface area (Å²) < 4.78 is 1.95. The van der Waals surface area contributed by atoms with Gasteiger partial charge in [-0.2, -0.15) is 5.10 Å². The highest BCUT2D eigenvalue weighted by atomic mass is 16.2. The van der Waals surface area contributed by atoms with Crippen molar-refractivity contribution in [2.75, 3.05) is 11.4 Å². The Hall–Kier alpha value is -2.88. The van der Waals surface area contributed by atoms with Crippen molar-refractivity contribution in [3.63, 3.8) is 0 Å². The van der Waals surface area contributed by atoms with E-state index in [4.69, 9.17) is 5.10 Å². The van der Waals surface area contributed by atoms with Crippen molar-refractivity contribution in [2.45, 2.75) is 52.4 Å². The normalized spacial score (nSPS) is 16.8. The molecular weight excluding hydrogens is 370 g/mol. The highest BCUT2D eigenvalue weighted by Crippen LogP contribution is 2.29. The second-order valence-corrected chi connectivity index (χ2v) is 9.03. The third-order valence-electron chi connectivity index (χ3n) is 6.00. The van der Waals surface area contributed by atoms with Crippen molar-refractivity contribution in [1.29, 1.82) is 0 Å². The molecule has 156 valence electrons. The molecule has 30 heavy (non-hydrogen) atoms. The summed E-state index contributed by atoms with van der Waals surface area (Å²) in [5, 5.41) is 4.79. The lowest BCUT2D eigenvalue weighted by molar-refractivity contribution is -0.117. The quantitative estimate of drug-likeness (QED) is 0.530. The zero-order chi connectivity index (χ0) is 21.3. The number of nitrogens with zero attached hydrogens (tertiary/aromatic N) is 3. The highest BCUT2D eigenvalue weighted by Gasteiger charge is 2.31. The van der Waals surface area contributed by atoms with Crippen molar-refractivity contribution in [3.8, 4) is 5.69 Å². The number of benzene rings is 2. The van der Waals surface area contributed by atoms with Crippen LogP contribution in [0.5, 0.6) is 0 Å². The van der Waals surface area contributed by atoms with Gasteiger partial charge in [-0.05, 0) is 65.6 Å². The summed E-state index contributed by atoms with van der Waals surface area (Å²) in [6.07, 6.45) is 3.43. The molecule has 0 saturated carbocycles. The summed E-state index contributed by atoms with van der Waals surface area (Å²) in [6, 6.07) is 19.0. The van der Waals surface area contributed by atoms with Gasteiger partial charge in [-0.3, -0.25) is 4.79 Å². The molecule has 1 aliphatic heterocycles. The SMILES string of the molecule is CC(C)c1cccc(N2CC(Cc3ccn(-c4cccc(C(C)C)c4)n3)CC2=O)c1. The first-order valence-corrected chi connectivity index (χ1v) is 11.0. The molecule has 3 aromatic rings. The molecular formula is C26H31N3O. The molecule has 2 heterocycles. The molecule has 1 unspecified atom stereocenters. The number of hydrogen-bond acceptors (Lipinski definition) is 2. The van der Waals surface area contributed by atoms with Gasteiger partial charge in [0.25, 0.3) is 0 Å². The van der Waals surface area contributed by atoms with Crippen LogP contribution >= 0.6 is 0 Å². The van der Waals surface area contributed by atoms with Crippen LogP contribution in [0.2, 0.25) is 0 Å². The molecule has 1 fully saturated rings. The van der Waals surface area contributed by atoms with E-state index in [0.29, 0.717) is 24.2 Å². The van der Waals surface area contributed by atoms with Gasteiger partial charge < -0.3 is 4.90 Å². The van der Waals surface area contributed by atoms with Gasteiger partial charge in [-0.1, -0.05) is 52.0 Å². The zero-order valence-corrected chi connectivity index (χ0v) is 18.4. The molecule has 1 aromatic heterocycles. The van der Waals surface area contributed by atoms with Gasteiger partial charge in [0, 0.05) is 24.8 Å². The summed E-state index contributed by atoms with van der Waals surface area (Å²) >= 11 is 0. The molecule has 1 amide bonds. The van der Waals surface area contributed by atoms with E-state index in [1.165, 1.54) is 11.1 Å². The summed E-state index contributed by atoms with van der Waals surface area (Å²) in [6.45, 7) is 9.53. The minimum absolute atomic E-state index is 0.213. The van der Waals surface area contributed by atoms with Crippen LogP contribution in [0.15, 0.2) is 60.8 Å². The monoisotopic (exact) mass is 401 g/mol. The fraction of sp³-hybridized carbons (Fsp3) is 0.385. The fourth-order valence-electron chi connectivity index (χ4n) is 4.16. The van der Waals surface area contributed by atoms with Gasteiger partial charge in [-0.15, -0.1) is 0 Å². The maximum Gasteiger partial charge on any atom is 0.227 e. The maximum absolute atomic E-state index is 12.7. The number of hydrogen-bond donors (Lipinski definition) is 0. The van der Waals surface area contributed by atoms with Gasteiger partial charge in [0.15, 0.2) is 0 Å². The number of anilines is 1. The van der Waals surface area contributed by atoms with E-state index in [9.17, 15) is 4.79 Å². The number of amides is 1. The van der Waals surface area contributed by atoms with E-state index in [1.807, 2.05) is 21.8 Å². The first-order valence-electron chi connectivity index (χ1n) is 11.0. The number of aromatic nitrogens is 2. The molecule has 4 nitrogen and oxygen atoms in total. The van der Waals surface area contributed by atoms with E-state index in [0.717, 1.165) is 30.0 Å². The maximum atomic E-state index is 12.7. The predicted octanol–water partition coefficient (Wildman–Crippen LogP) is 5.71. The minimum atomic E-state index is 0.213. The van der Waals surface area contributed by atoms with Crippen LogP contribution in [0.4, 0.5) is 5.69 Å². The van der Waals surface area contributed by atoms with Gasteiger partial charge in [0.05, 0.1) is 11.4 Å². The van der Waals surface area contributed by atoms with E-state index in [1.54, 1.807) is 0 Å². The largest absolute Gasteiger partial charge is 0.312 e. The van der Waals surface area contributed by atoms with Crippen LogP contribution in [-0.4, -0.2) is 22.2 Å². The Labute approximate surface area is 179 Å². The van der Waals surface area contributed by atoms with Crippen molar-refractivity contribution >= 4 is 11.6 Å². The van der Waals surface area contributed by atoms with Crippen LogP contribution in [0.3, 0.4) is 0 Å².